The van der Waals surface area contributed by atoms with Crippen LogP contribution in [0.25, 0.3) is 125 Å². The van der Waals surface area contributed by atoms with Gasteiger partial charge < -0.3 is 4.57 Å². The van der Waals surface area contributed by atoms with Gasteiger partial charge >= 0.3 is 0 Å². The third kappa shape index (κ3) is 5.49. The lowest BCUT2D eigenvalue weighted by Gasteiger charge is -2.19. The van der Waals surface area contributed by atoms with E-state index >= 15 is 0 Å². The number of hydrogen-bond donors (Lipinski definition) is 0. The van der Waals surface area contributed by atoms with Crippen molar-refractivity contribution >= 4 is 85.6 Å². The first-order chi connectivity index (χ1) is 30.7. The second kappa shape index (κ2) is 13.8. The molecule has 0 fully saturated rings. The van der Waals surface area contributed by atoms with Gasteiger partial charge in [-0.05, 0) is 80.5 Å². The summed E-state index contributed by atoms with van der Waals surface area (Å²) >= 11 is 1.80. The van der Waals surface area contributed by atoms with Crippen LogP contribution in [-0.2, 0) is 0 Å². The summed E-state index contributed by atoms with van der Waals surface area (Å²) in [5.74, 6) is 1.91. The summed E-state index contributed by atoms with van der Waals surface area (Å²) in [7, 11) is 0. The van der Waals surface area contributed by atoms with Crippen molar-refractivity contribution in [1.82, 2.24) is 19.5 Å². The number of hydrogen-bond acceptors (Lipinski definition) is 4. The standard InChI is InChI=1S/C57H34N4S/c1-3-15-35(16-4-1)46-34-51(61-49-31-39-21-9-7-19-37(39)29-47(49)48-30-38-20-8-10-22-40(38)32-50(48)61)42-23-11-12-25-45(42)54(46)57-59-55(36-17-5-2-6-18-36)58-56(60-57)41-27-28-44-43-24-13-14-26-52(43)62-53(44)33-41/h1-34H. The molecule has 0 aliphatic carbocycles. The van der Waals surface area contributed by atoms with Crippen LogP contribution >= 0.6 is 11.3 Å². The van der Waals surface area contributed by atoms with Crippen molar-refractivity contribution in [3.63, 3.8) is 0 Å². The number of thiophene rings is 1. The molecule has 0 bridgehead atoms. The maximum Gasteiger partial charge on any atom is 0.165 e. The van der Waals surface area contributed by atoms with Crippen molar-refractivity contribution in [2.75, 3.05) is 0 Å². The fourth-order valence-corrected chi connectivity index (χ4v) is 10.6. The molecular weight excluding hydrogens is 773 g/mol. The molecule has 0 radical (unpaired) electrons. The van der Waals surface area contributed by atoms with Crippen molar-refractivity contribution in [1.29, 1.82) is 0 Å². The van der Waals surface area contributed by atoms with Crippen LogP contribution in [0, 0.1) is 0 Å². The summed E-state index contributed by atoms with van der Waals surface area (Å²) in [5.41, 5.74) is 8.42. The Hall–Kier alpha value is -7.99. The van der Waals surface area contributed by atoms with Gasteiger partial charge in [-0.25, -0.2) is 15.0 Å². The summed E-state index contributed by atoms with van der Waals surface area (Å²) in [5, 5.41) is 12.0. The highest BCUT2D eigenvalue weighted by Crippen LogP contribution is 2.45. The Kier molecular flexibility index (Phi) is 7.74. The summed E-state index contributed by atoms with van der Waals surface area (Å²) in [4.78, 5) is 16.0. The molecule has 0 saturated heterocycles. The summed E-state index contributed by atoms with van der Waals surface area (Å²) < 4.78 is 4.96. The molecule has 0 aliphatic heterocycles. The lowest BCUT2D eigenvalue weighted by atomic mass is 9.92. The average molecular weight is 807 g/mol. The molecule has 62 heavy (non-hydrogen) atoms. The molecule has 3 aromatic heterocycles. The van der Waals surface area contributed by atoms with Crippen molar-refractivity contribution in [2.45, 2.75) is 0 Å². The van der Waals surface area contributed by atoms with Crippen LogP contribution in [0.3, 0.4) is 0 Å². The summed E-state index contributed by atoms with van der Waals surface area (Å²) in [6.45, 7) is 0. The van der Waals surface area contributed by atoms with Gasteiger partial charge in [-0.3, -0.25) is 0 Å². The quantitative estimate of drug-likeness (QED) is 0.174. The highest BCUT2D eigenvalue weighted by Gasteiger charge is 2.24. The zero-order chi connectivity index (χ0) is 40.7. The molecule has 0 N–H and O–H groups in total. The van der Waals surface area contributed by atoms with E-state index in [0.717, 1.165) is 55.3 Å². The van der Waals surface area contributed by atoms with E-state index in [1.54, 1.807) is 11.3 Å². The number of rotatable bonds is 5. The Balaban J connectivity index is 1.13. The lowest BCUT2D eigenvalue weighted by molar-refractivity contribution is 1.08. The maximum absolute atomic E-state index is 5.43. The minimum atomic E-state index is 0.631. The van der Waals surface area contributed by atoms with Crippen LogP contribution in [0.2, 0.25) is 0 Å². The maximum atomic E-state index is 5.43. The predicted octanol–water partition coefficient (Wildman–Crippen LogP) is 15.5. The summed E-state index contributed by atoms with van der Waals surface area (Å²) in [6, 6.07) is 74.1. The van der Waals surface area contributed by atoms with Gasteiger partial charge in [0.05, 0.1) is 16.7 Å². The van der Waals surface area contributed by atoms with Gasteiger partial charge in [0.2, 0.25) is 0 Å². The molecule has 5 heteroatoms. The largest absolute Gasteiger partial charge is 0.309 e. The van der Waals surface area contributed by atoms with E-state index in [1.165, 1.54) is 52.5 Å². The van der Waals surface area contributed by atoms with E-state index in [0.29, 0.717) is 17.5 Å². The minimum absolute atomic E-state index is 0.631. The Labute approximate surface area is 360 Å². The van der Waals surface area contributed by atoms with Gasteiger partial charge in [-0.2, -0.15) is 0 Å². The van der Waals surface area contributed by atoms with Crippen LogP contribution in [0.4, 0.5) is 0 Å². The van der Waals surface area contributed by atoms with E-state index < -0.39 is 0 Å². The van der Waals surface area contributed by atoms with Gasteiger partial charge in [0.1, 0.15) is 0 Å². The molecule has 0 atom stereocenters. The van der Waals surface area contributed by atoms with Crippen molar-refractivity contribution in [3.05, 3.63) is 206 Å². The van der Waals surface area contributed by atoms with Crippen LogP contribution in [0.5, 0.6) is 0 Å². The molecule has 3 heterocycles. The molecule has 0 spiro atoms. The third-order valence-electron chi connectivity index (χ3n) is 12.4. The van der Waals surface area contributed by atoms with Crippen molar-refractivity contribution < 1.29 is 0 Å². The molecule has 0 saturated carbocycles. The summed E-state index contributed by atoms with van der Waals surface area (Å²) in [6.07, 6.45) is 0. The Morgan fingerprint density at radius 2 is 0.823 bits per heavy atom. The zero-order valence-corrected chi connectivity index (χ0v) is 34.1. The normalized spacial score (nSPS) is 11.9. The van der Waals surface area contributed by atoms with Gasteiger partial charge in [-0.15, -0.1) is 11.3 Å². The number of nitrogens with zero attached hydrogens (tertiary/aromatic N) is 4. The number of aromatic nitrogens is 4. The molecule has 13 rings (SSSR count). The van der Waals surface area contributed by atoms with Gasteiger partial charge in [-0.1, -0.05) is 164 Å². The zero-order valence-electron chi connectivity index (χ0n) is 33.3. The molecule has 288 valence electrons. The van der Waals surface area contributed by atoms with Gasteiger partial charge in [0.25, 0.3) is 0 Å². The first-order valence-corrected chi connectivity index (χ1v) is 21.7. The Bertz CT molecular complexity index is 3830. The van der Waals surface area contributed by atoms with Gasteiger partial charge in [0, 0.05) is 53.0 Å². The molecule has 13 aromatic rings. The molecule has 0 unspecified atom stereocenters. The van der Waals surface area contributed by atoms with E-state index in [2.05, 4.69) is 193 Å². The minimum Gasteiger partial charge on any atom is -0.309 e. The first kappa shape index (κ1) is 34.8. The fraction of sp³-hybridized carbons (Fsp3) is 0. The second-order valence-corrected chi connectivity index (χ2v) is 17.1. The Morgan fingerprint density at radius 3 is 1.48 bits per heavy atom. The van der Waals surface area contributed by atoms with Crippen LogP contribution in [-0.4, -0.2) is 19.5 Å². The molecule has 0 aliphatic rings. The highest BCUT2D eigenvalue weighted by atomic mass is 32.1. The number of benzene rings is 10. The molecule has 4 nitrogen and oxygen atoms in total. The van der Waals surface area contributed by atoms with E-state index in [4.69, 9.17) is 15.0 Å². The predicted molar refractivity (Wildman–Crippen MR) is 261 cm³/mol. The van der Waals surface area contributed by atoms with Crippen molar-refractivity contribution in [2.24, 2.45) is 0 Å². The first-order valence-electron chi connectivity index (χ1n) is 20.9. The fourth-order valence-electron chi connectivity index (χ4n) is 9.47. The Morgan fingerprint density at radius 1 is 0.323 bits per heavy atom. The van der Waals surface area contributed by atoms with Crippen molar-refractivity contribution in [3.8, 4) is 51.0 Å². The molecule has 10 aromatic carbocycles. The van der Waals surface area contributed by atoms with Crippen LogP contribution in [0.15, 0.2) is 206 Å². The highest BCUT2D eigenvalue weighted by molar-refractivity contribution is 7.25. The van der Waals surface area contributed by atoms with Crippen LogP contribution in [0.1, 0.15) is 0 Å². The lowest BCUT2D eigenvalue weighted by Crippen LogP contribution is -2.03. The van der Waals surface area contributed by atoms with Crippen LogP contribution < -0.4 is 0 Å². The monoisotopic (exact) mass is 806 g/mol. The van der Waals surface area contributed by atoms with E-state index in [9.17, 15) is 0 Å². The smallest absolute Gasteiger partial charge is 0.165 e. The van der Waals surface area contributed by atoms with Gasteiger partial charge in [0.15, 0.2) is 17.5 Å². The second-order valence-electron chi connectivity index (χ2n) is 16.0. The third-order valence-corrected chi connectivity index (χ3v) is 13.5. The number of fused-ring (bicyclic) bond motifs is 9. The van der Waals surface area contributed by atoms with E-state index in [-0.39, 0.29) is 0 Å². The van der Waals surface area contributed by atoms with E-state index in [1.807, 2.05) is 18.2 Å². The topological polar surface area (TPSA) is 43.6 Å². The average Bonchev–Trinajstić information content (AvgIpc) is 3.86. The molecule has 0 amide bonds. The molecular formula is C57H34N4S. The SMILES string of the molecule is c1ccc(-c2nc(-c3ccc4c(c3)sc3ccccc34)nc(-c3c(-c4ccccc4)cc(-n4c5cc6ccccc6cc5c5cc6ccccc6cc54)c4ccccc34)n2)cc1.